The van der Waals surface area contributed by atoms with Gasteiger partial charge in [-0.15, -0.1) is 0 Å². The van der Waals surface area contributed by atoms with Gasteiger partial charge in [0.1, 0.15) is 0 Å². The van der Waals surface area contributed by atoms with Crippen molar-refractivity contribution in [3.8, 4) is 5.69 Å². The van der Waals surface area contributed by atoms with Crippen molar-refractivity contribution in [2.45, 2.75) is 6.92 Å². The van der Waals surface area contributed by atoms with Crippen LogP contribution in [0, 0.1) is 0 Å². The van der Waals surface area contributed by atoms with E-state index in [-0.39, 0.29) is 17.5 Å². The Bertz CT molecular complexity index is 1240. The van der Waals surface area contributed by atoms with Gasteiger partial charge >= 0.3 is 168 Å². The van der Waals surface area contributed by atoms with E-state index in [1.807, 2.05) is 42.5 Å². The van der Waals surface area contributed by atoms with Crippen LogP contribution < -0.4 is 4.36 Å². The first kappa shape index (κ1) is 17.9. The van der Waals surface area contributed by atoms with E-state index in [0.717, 1.165) is 15.5 Å². The summed E-state index contributed by atoms with van der Waals surface area (Å²) in [6.45, 7) is 1.38. The molecule has 0 fully saturated rings. The Morgan fingerprint density at radius 3 is 2.67 bits per heavy atom. The van der Waals surface area contributed by atoms with Gasteiger partial charge in [0, 0.05) is 0 Å². The number of carbonyl (C=O) groups excluding carboxylic acids is 2. The SMILES string of the molecule is CC(=O)N=c1[se]c(C(=O)c2cc3cc(Br)ccc3o2)nn1-c1ccccc1. The summed E-state index contributed by atoms with van der Waals surface area (Å²) in [5.74, 6) is -0.400. The molecule has 0 atom stereocenters. The maximum absolute atomic E-state index is 12.9. The predicted molar refractivity (Wildman–Crippen MR) is 104 cm³/mol. The maximum atomic E-state index is 12.9. The van der Waals surface area contributed by atoms with Crippen LogP contribution in [0.25, 0.3) is 16.7 Å². The number of amides is 1. The molecule has 2 aromatic carbocycles. The molecule has 8 heteroatoms. The van der Waals surface area contributed by atoms with Gasteiger partial charge in [-0.3, -0.25) is 0 Å². The van der Waals surface area contributed by atoms with Gasteiger partial charge < -0.3 is 0 Å². The molecule has 0 saturated carbocycles. The van der Waals surface area contributed by atoms with Crippen LogP contribution >= 0.6 is 15.9 Å². The number of rotatable bonds is 3. The molecular weight excluding hydrogens is 477 g/mol. The van der Waals surface area contributed by atoms with E-state index in [0.29, 0.717) is 14.5 Å². The third kappa shape index (κ3) is 3.64. The summed E-state index contributed by atoms with van der Waals surface area (Å²) < 4.78 is 8.96. The molecule has 0 unspecified atom stereocenters. The topological polar surface area (TPSA) is 77.5 Å². The quantitative estimate of drug-likeness (QED) is 0.328. The van der Waals surface area contributed by atoms with Crippen LogP contribution in [0.3, 0.4) is 0 Å². The van der Waals surface area contributed by atoms with Gasteiger partial charge in [-0.05, 0) is 0 Å². The molecule has 27 heavy (non-hydrogen) atoms. The first-order valence-electron chi connectivity index (χ1n) is 7.96. The number of hydrogen-bond acceptors (Lipinski definition) is 4. The molecule has 0 saturated heterocycles. The Kier molecular flexibility index (Phi) is 4.78. The Morgan fingerprint density at radius 2 is 1.93 bits per heavy atom. The van der Waals surface area contributed by atoms with Crippen molar-refractivity contribution in [2.24, 2.45) is 4.99 Å². The predicted octanol–water partition coefficient (Wildman–Crippen LogP) is 3.12. The van der Waals surface area contributed by atoms with Crippen molar-refractivity contribution in [3.05, 3.63) is 73.8 Å². The normalized spacial score (nSPS) is 11.9. The summed E-state index contributed by atoms with van der Waals surface area (Å²) in [7, 11) is 0. The van der Waals surface area contributed by atoms with Gasteiger partial charge in [0.2, 0.25) is 0 Å². The number of ketones is 1. The molecule has 4 aromatic rings. The van der Waals surface area contributed by atoms with Crippen LogP contribution in [0.4, 0.5) is 0 Å². The first-order valence-corrected chi connectivity index (χ1v) is 10.5. The fourth-order valence-electron chi connectivity index (χ4n) is 2.55. The van der Waals surface area contributed by atoms with Crippen LogP contribution in [-0.4, -0.2) is 36.0 Å². The molecule has 0 bridgehead atoms. The Balaban J connectivity index is 1.82. The van der Waals surface area contributed by atoms with E-state index < -0.39 is 14.5 Å². The number of fused-ring (bicyclic) bond motifs is 1. The zero-order chi connectivity index (χ0) is 19.0. The summed E-state index contributed by atoms with van der Waals surface area (Å²) in [5, 5.41) is 5.26. The van der Waals surface area contributed by atoms with Crippen molar-refractivity contribution in [3.63, 3.8) is 0 Å². The summed E-state index contributed by atoms with van der Waals surface area (Å²) >= 11 is 2.91. The van der Waals surface area contributed by atoms with Gasteiger partial charge in [0.05, 0.1) is 0 Å². The van der Waals surface area contributed by atoms with Gasteiger partial charge in [-0.1, -0.05) is 0 Å². The molecule has 2 aromatic heterocycles. The number of halogens is 1. The first-order chi connectivity index (χ1) is 13.0. The molecule has 6 nitrogen and oxygen atoms in total. The van der Waals surface area contributed by atoms with Crippen molar-refractivity contribution >= 4 is 53.1 Å². The Labute approximate surface area is 168 Å². The van der Waals surface area contributed by atoms with E-state index >= 15 is 0 Å². The second-order valence-corrected chi connectivity index (χ2v) is 8.61. The van der Waals surface area contributed by atoms with Crippen molar-refractivity contribution in [1.29, 1.82) is 0 Å². The van der Waals surface area contributed by atoms with Gasteiger partial charge in [0.15, 0.2) is 0 Å². The van der Waals surface area contributed by atoms with E-state index in [2.05, 4.69) is 26.0 Å². The summed E-state index contributed by atoms with van der Waals surface area (Å²) in [6, 6.07) is 16.5. The zero-order valence-corrected chi connectivity index (χ0v) is 17.3. The number of carbonyl (C=O) groups is 2. The summed E-state index contributed by atoms with van der Waals surface area (Å²) in [5.41, 5.74) is 1.38. The molecule has 0 aliphatic carbocycles. The second kappa shape index (κ2) is 7.23. The molecule has 2 heterocycles. The van der Waals surface area contributed by atoms with Gasteiger partial charge in [-0.2, -0.15) is 0 Å². The second-order valence-electron chi connectivity index (χ2n) is 5.69. The molecule has 0 spiro atoms. The molecule has 0 radical (unpaired) electrons. The molecule has 134 valence electrons. The molecule has 4 rings (SSSR count). The zero-order valence-electron chi connectivity index (χ0n) is 14.0. The van der Waals surface area contributed by atoms with Crippen molar-refractivity contribution in [2.75, 3.05) is 0 Å². The minimum atomic E-state index is -0.502. The standard InChI is InChI=1S/C19H12BrN3O3Se/c1-11(24)21-19-23(14-5-3-2-4-6-14)22-18(27-19)17(25)16-10-12-9-13(20)7-8-15(12)26-16/h2-10H,1H3. The van der Waals surface area contributed by atoms with Crippen LogP contribution in [0.2, 0.25) is 0 Å². The molecular formula is C19H12BrN3O3Se. The number of aromatic nitrogens is 2. The van der Waals surface area contributed by atoms with E-state index in [9.17, 15) is 9.59 Å². The van der Waals surface area contributed by atoms with Crippen LogP contribution in [0.1, 0.15) is 22.0 Å². The molecule has 0 aliphatic heterocycles. The summed E-state index contributed by atoms with van der Waals surface area (Å²) in [6.07, 6.45) is 0. The third-order valence-electron chi connectivity index (χ3n) is 3.71. The van der Waals surface area contributed by atoms with E-state index in [1.165, 1.54) is 6.92 Å². The minimum absolute atomic E-state index is 0.223. The Morgan fingerprint density at radius 1 is 1.15 bits per heavy atom. The van der Waals surface area contributed by atoms with Gasteiger partial charge in [0.25, 0.3) is 0 Å². The van der Waals surface area contributed by atoms with Crippen molar-refractivity contribution in [1.82, 2.24) is 9.78 Å². The third-order valence-corrected chi connectivity index (χ3v) is 6.11. The van der Waals surface area contributed by atoms with E-state index in [4.69, 9.17) is 4.42 Å². The average Bonchev–Trinajstić information content (AvgIpc) is 3.25. The summed E-state index contributed by atoms with van der Waals surface area (Å²) in [4.78, 5) is 28.5. The average molecular weight is 489 g/mol. The van der Waals surface area contributed by atoms with E-state index in [1.54, 1.807) is 16.8 Å². The number of nitrogens with zero attached hydrogens (tertiary/aromatic N) is 3. The number of para-hydroxylation sites is 1. The molecule has 0 N–H and O–H groups in total. The Hall–Kier alpha value is -2.54. The fraction of sp³-hybridized carbons (Fsp3) is 0.0526. The molecule has 0 aliphatic rings. The number of hydrogen-bond donors (Lipinski definition) is 0. The van der Waals surface area contributed by atoms with Crippen LogP contribution in [0.5, 0.6) is 0 Å². The number of furan rings is 1. The van der Waals surface area contributed by atoms with Crippen molar-refractivity contribution < 1.29 is 14.0 Å². The van der Waals surface area contributed by atoms with Crippen LogP contribution in [-0.2, 0) is 4.79 Å². The number of benzene rings is 2. The fourth-order valence-corrected chi connectivity index (χ4v) is 4.81. The molecule has 1 amide bonds. The monoisotopic (exact) mass is 489 g/mol. The van der Waals surface area contributed by atoms with Crippen LogP contribution in [0.15, 0.2) is 68.5 Å². The van der Waals surface area contributed by atoms with Gasteiger partial charge in [-0.25, -0.2) is 0 Å².